The van der Waals surface area contributed by atoms with Gasteiger partial charge >= 0.3 is 0 Å². The minimum absolute atomic E-state index is 0.192. The molecule has 1 fully saturated rings. The monoisotopic (exact) mass is 263 g/mol. The van der Waals surface area contributed by atoms with Crippen LogP contribution in [0.15, 0.2) is 28.8 Å². The van der Waals surface area contributed by atoms with Crippen molar-refractivity contribution in [2.45, 2.75) is 12.5 Å². The van der Waals surface area contributed by atoms with Crippen LogP contribution in [0.2, 0.25) is 0 Å². The molecule has 1 aliphatic heterocycles. The van der Waals surface area contributed by atoms with Crippen LogP contribution in [-0.2, 0) is 11.2 Å². The summed E-state index contributed by atoms with van der Waals surface area (Å²) < 4.78 is 23.8. The summed E-state index contributed by atoms with van der Waals surface area (Å²) in [7, 11) is 0. The van der Waals surface area contributed by atoms with Gasteiger partial charge in [-0.25, -0.2) is 4.39 Å². The molecular weight excluding hydrogens is 249 g/mol. The standard InChI is InChI=1S/C13H14FN3O2/c14-10-3-1-2-9(6-10)7-12-16-13(19-17-12)11-8-15-4-5-18-11/h1-3,6,11,15H,4-5,7-8H2. The smallest absolute Gasteiger partial charge is 0.257 e. The van der Waals surface area contributed by atoms with Crippen LogP contribution in [0.3, 0.4) is 0 Å². The van der Waals surface area contributed by atoms with E-state index < -0.39 is 0 Å². The van der Waals surface area contributed by atoms with Crippen LogP contribution >= 0.6 is 0 Å². The largest absolute Gasteiger partial charge is 0.366 e. The SMILES string of the molecule is Fc1cccc(Cc2noc(C3CNCCO3)n2)c1. The molecule has 1 N–H and O–H groups in total. The summed E-state index contributed by atoms with van der Waals surface area (Å²) in [5.41, 5.74) is 0.815. The van der Waals surface area contributed by atoms with E-state index in [9.17, 15) is 4.39 Å². The summed E-state index contributed by atoms with van der Waals surface area (Å²) >= 11 is 0. The van der Waals surface area contributed by atoms with Crippen molar-refractivity contribution in [3.05, 3.63) is 47.4 Å². The van der Waals surface area contributed by atoms with E-state index in [0.29, 0.717) is 31.3 Å². The third kappa shape index (κ3) is 2.97. The lowest BCUT2D eigenvalue weighted by Crippen LogP contribution is -2.33. The van der Waals surface area contributed by atoms with E-state index in [-0.39, 0.29) is 11.9 Å². The predicted molar refractivity (Wildman–Crippen MR) is 65.1 cm³/mol. The van der Waals surface area contributed by atoms with Crippen molar-refractivity contribution in [3.63, 3.8) is 0 Å². The second-order valence-corrected chi connectivity index (χ2v) is 4.42. The number of halogens is 1. The summed E-state index contributed by atoms with van der Waals surface area (Å²) in [6.07, 6.45) is 0.254. The second kappa shape index (κ2) is 5.46. The molecule has 0 radical (unpaired) electrons. The van der Waals surface area contributed by atoms with Crippen molar-refractivity contribution in [1.29, 1.82) is 0 Å². The van der Waals surface area contributed by atoms with Gasteiger partial charge in [0.05, 0.1) is 6.61 Å². The van der Waals surface area contributed by atoms with E-state index in [1.54, 1.807) is 6.07 Å². The van der Waals surface area contributed by atoms with Crippen molar-refractivity contribution in [2.24, 2.45) is 0 Å². The number of benzene rings is 1. The second-order valence-electron chi connectivity index (χ2n) is 4.42. The highest BCUT2D eigenvalue weighted by Crippen LogP contribution is 2.17. The Labute approximate surface area is 109 Å². The molecule has 1 saturated heterocycles. The molecule has 1 atom stereocenters. The molecule has 0 bridgehead atoms. The first-order valence-corrected chi connectivity index (χ1v) is 6.20. The van der Waals surface area contributed by atoms with Crippen molar-refractivity contribution in [2.75, 3.05) is 19.7 Å². The normalized spacial score (nSPS) is 19.5. The van der Waals surface area contributed by atoms with Gasteiger partial charge in [-0.1, -0.05) is 17.3 Å². The fraction of sp³-hybridized carbons (Fsp3) is 0.385. The van der Waals surface area contributed by atoms with Crippen molar-refractivity contribution >= 4 is 0 Å². The van der Waals surface area contributed by atoms with Crippen molar-refractivity contribution < 1.29 is 13.7 Å². The van der Waals surface area contributed by atoms with E-state index >= 15 is 0 Å². The first-order chi connectivity index (χ1) is 9.31. The molecule has 2 aromatic rings. The van der Waals surface area contributed by atoms with Crippen LogP contribution < -0.4 is 5.32 Å². The first-order valence-electron chi connectivity index (χ1n) is 6.20. The third-order valence-electron chi connectivity index (χ3n) is 2.94. The van der Waals surface area contributed by atoms with E-state index in [1.165, 1.54) is 12.1 Å². The summed E-state index contributed by atoms with van der Waals surface area (Å²) in [6, 6.07) is 6.37. The van der Waals surface area contributed by atoms with Crippen LogP contribution in [0.5, 0.6) is 0 Å². The third-order valence-corrected chi connectivity index (χ3v) is 2.94. The average Bonchev–Trinajstić information content (AvgIpc) is 2.88. The summed E-state index contributed by atoms with van der Waals surface area (Å²) in [6.45, 7) is 2.13. The Balaban J connectivity index is 1.70. The number of morpholine rings is 1. The molecule has 5 nitrogen and oxygen atoms in total. The van der Waals surface area contributed by atoms with Gasteiger partial charge in [-0.3, -0.25) is 0 Å². The molecule has 1 aliphatic rings. The van der Waals surface area contributed by atoms with E-state index in [4.69, 9.17) is 9.26 Å². The van der Waals surface area contributed by atoms with Crippen LogP contribution in [0.4, 0.5) is 4.39 Å². The van der Waals surface area contributed by atoms with E-state index in [1.807, 2.05) is 6.07 Å². The number of nitrogens with zero attached hydrogens (tertiary/aromatic N) is 2. The Kier molecular flexibility index (Phi) is 3.52. The zero-order valence-corrected chi connectivity index (χ0v) is 10.3. The average molecular weight is 263 g/mol. The fourth-order valence-electron chi connectivity index (χ4n) is 2.02. The molecule has 0 aliphatic carbocycles. The quantitative estimate of drug-likeness (QED) is 0.908. The lowest BCUT2D eigenvalue weighted by Gasteiger charge is -2.19. The number of hydrogen-bond donors (Lipinski definition) is 1. The Bertz CT molecular complexity index is 552. The Hall–Kier alpha value is -1.79. The molecular formula is C13H14FN3O2. The maximum atomic E-state index is 13.1. The number of rotatable bonds is 3. The topological polar surface area (TPSA) is 60.2 Å². The zero-order valence-electron chi connectivity index (χ0n) is 10.3. The predicted octanol–water partition coefficient (Wildman–Crippen LogP) is 1.46. The van der Waals surface area contributed by atoms with Gasteiger partial charge in [0.1, 0.15) is 11.9 Å². The van der Waals surface area contributed by atoms with E-state index in [0.717, 1.165) is 12.1 Å². The molecule has 1 aromatic carbocycles. The molecule has 1 aromatic heterocycles. The molecule has 1 unspecified atom stereocenters. The molecule has 0 spiro atoms. The van der Waals surface area contributed by atoms with Gasteiger partial charge in [0, 0.05) is 19.5 Å². The lowest BCUT2D eigenvalue weighted by molar-refractivity contribution is 0.00755. The number of hydrogen-bond acceptors (Lipinski definition) is 5. The fourth-order valence-corrected chi connectivity index (χ4v) is 2.02. The van der Waals surface area contributed by atoms with Gasteiger partial charge in [0.2, 0.25) is 0 Å². The minimum Gasteiger partial charge on any atom is -0.366 e. The van der Waals surface area contributed by atoms with Crippen LogP contribution in [0.1, 0.15) is 23.4 Å². The maximum Gasteiger partial charge on any atom is 0.257 e. The minimum atomic E-state index is -0.263. The molecule has 3 rings (SSSR count). The molecule has 100 valence electrons. The summed E-state index contributed by atoms with van der Waals surface area (Å²) in [4.78, 5) is 4.29. The maximum absolute atomic E-state index is 13.1. The highest BCUT2D eigenvalue weighted by Gasteiger charge is 2.22. The Morgan fingerprint density at radius 3 is 3.16 bits per heavy atom. The number of nitrogens with one attached hydrogen (secondary N) is 1. The van der Waals surface area contributed by atoms with Gasteiger partial charge in [-0.05, 0) is 17.7 Å². The molecule has 6 heteroatoms. The summed E-state index contributed by atoms with van der Waals surface area (Å²) in [5.74, 6) is 0.745. The first kappa shape index (κ1) is 12.3. The highest BCUT2D eigenvalue weighted by molar-refractivity contribution is 5.19. The van der Waals surface area contributed by atoms with Gasteiger partial charge in [0.25, 0.3) is 5.89 Å². The number of aromatic nitrogens is 2. The zero-order chi connectivity index (χ0) is 13.1. The van der Waals surface area contributed by atoms with Gasteiger partial charge in [-0.15, -0.1) is 0 Å². The van der Waals surface area contributed by atoms with Gasteiger partial charge in [-0.2, -0.15) is 4.98 Å². The van der Waals surface area contributed by atoms with Crippen molar-refractivity contribution in [1.82, 2.24) is 15.5 Å². The number of ether oxygens (including phenoxy) is 1. The van der Waals surface area contributed by atoms with Crippen LogP contribution in [0, 0.1) is 5.82 Å². The molecule has 2 heterocycles. The molecule has 0 saturated carbocycles. The van der Waals surface area contributed by atoms with Crippen LogP contribution in [0.25, 0.3) is 0 Å². The van der Waals surface area contributed by atoms with Crippen molar-refractivity contribution in [3.8, 4) is 0 Å². The van der Waals surface area contributed by atoms with E-state index in [2.05, 4.69) is 15.5 Å². The molecule has 19 heavy (non-hydrogen) atoms. The Morgan fingerprint density at radius 2 is 2.37 bits per heavy atom. The molecule has 0 amide bonds. The highest BCUT2D eigenvalue weighted by atomic mass is 19.1. The van der Waals surface area contributed by atoms with Gasteiger partial charge < -0.3 is 14.6 Å². The van der Waals surface area contributed by atoms with Crippen LogP contribution in [-0.4, -0.2) is 29.8 Å². The van der Waals surface area contributed by atoms with Gasteiger partial charge in [0.15, 0.2) is 5.82 Å². The summed E-state index contributed by atoms with van der Waals surface area (Å²) in [5, 5.41) is 7.10. The Morgan fingerprint density at radius 1 is 1.42 bits per heavy atom. The lowest BCUT2D eigenvalue weighted by atomic mass is 10.1.